The molecule has 0 aromatic heterocycles. The van der Waals surface area contributed by atoms with Gasteiger partial charge < -0.3 is 15.4 Å². The fraction of sp³-hybridized carbons (Fsp3) is 0.222. The minimum absolute atomic E-state index is 0.175. The Kier molecular flexibility index (Phi) is 5.88. The smallest absolute Gasteiger partial charge is 0.255 e. The predicted molar refractivity (Wildman–Crippen MR) is 104 cm³/mol. The molecular weight excluding hydrogens is 452 g/mol. The van der Waals surface area contributed by atoms with E-state index < -0.39 is 6.10 Å². The Morgan fingerprint density at radius 1 is 1.08 bits per heavy atom. The van der Waals surface area contributed by atoms with Crippen LogP contribution in [-0.2, 0) is 9.53 Å². The molecule has 1 saturated heterocycles. The fourth-order valence-electron chi connectivity index (χ4n) is 2.53. The molecule has 2 aromatic rings. The molecule has 3 rings (SSSR count). The third kappa shape index (κ3) is 4.68. The van der Waals surface area contributed by atoms with Gasteiger partial charge in [0.05, 0.1) is 5.69 Å². The second-order valence-corrected chi connectivity index (χ2v) is 7.42. The first kappa shape index (κ1) is 18.1. The van der Waals surface area contributed by atoms with Crippen molar-refractivity contribution in [3.63, 3.8) is 0 Å². The Labute approximate surface area is 162 Å². The number of amides is 2. The van der Waals surface area contributed by atoms with Gasteiger partial charge in [0.1, 0.15) is 6.10 Å². The van der Waals surface area contributed by atoms with E-state index in [0.717, 1.165) is 21.8 Å². The average Bonchev–Trinajstić information content (AvgIpc) is 3.12. The number of carbonyl (C=O) groups is 2. The zero-order valence-electron chi connectivity index (χ0n) is 13.2. The number of ether oxygens (including phenoxy) is 1. The summed E-state index contributed by atoms with van der Waals surface area (Å²) in [5, 5.41) is 5.65. The predicted octanol–water partition coefficient (Wildman–Crippen LogP) is 4.58. The van der Waals surface area contributed by atoms with Crippen molar-refractivity contribution >= 4 is 55.0 Å². The van der Waals surface area contributed by atoms with E-state index in [4.69, 9.17) is 4.74 Å². The molecule has 1 atom stereocenters. The van der Waals surface area contributed by atoms with Crippen LogP contribution in [0.3, 0.4) is 0 Å². The highest BCUT2D eigenvalue weighted by Gasteiger charge is 2.23. The Bertz CT molecular complexity index is 805. The lowest BCUT2D eigenvalue weighted by molar-refractivity contribution is -0.124. The maximum absolute atomic E-state index is 12.5. The summed E-state index contributed by atoms with van der Waals surface area (Å²) in [6.07, 6.45) is 1.21. The van der Waals surface area contributed by atoms with Crippen molar-refractivity contribution in [3.8, 4) is 0 Å². The second-order valence-electron chi connectivity index (χ2n) is 5.65. The molecule has 1 aliphatic rings. The molecule has 0 saturated carbocycles. The Balaban J connectivity index is 1.69. The van der Waals surface area contributed by atoms with Gasteiger partial charge in [-0.15, -0.1) is 0 Å². The largest absolute Gasteiger partial charge is 0.368 e. The molecule has 1 fully saturated rings. The molecule has 130 valence electrons. The Morgan fingerprint density at radius 2 is 1.92 bits per heavy atom. The van der Waals surface area contributed by atoms with Crippen LogP contribution in [0.5, 0.6) is 0 Å². The second kappa shape index (κ2) is 8.12. The van der Waals surface area contributed by atoms with Crippen LogP contribution >= 0.6 is 31.9 Å². The Morgan fingerprint density at radius 3 is 2.64 bits per heavy atom. The molecule has 5 nitrogen and oxygen atoms in total. The monoisotopic (exact) mass is 466 g/mol. The molecule has 25 heavy (non-hydrogen) atoms. The van der Waals surface area contributed by atoms with E-state index in [2.05, 4.69) is 42.5 Å². The van der Waals surface area contributed by atoms with Gasteiger partial charge in [0, 0.05) is 26.8 Å². The van der Waals surface area contributed by atoms with Crippen molar-refractivity contribution in [2.75, 3.05) is 17.2 Å². The van der Waals surface area contributed by atoms with E-state index in [-0.39, 0.29) is 11.8 Å². The van der Waals surface area contributed by atoms with Crippen LogP contribution in [0.25, 0.3) is 0 Å². The van der Waals surface area contributed by atoms with Crippen molar-refractivity contribution in [1.82, 2.24) is 0 Å². The molecule has 7 heteroatoms. The molecular formula is C18H16Br2N2O3. The SMILES string of the molecule is O=C(Nc1ccc(Br)cc1Br)c1cccc(NC(=O)C2CCCO2)c1. The highest BCUT2D eigenvalue weighted by molar-refractivity contribution is 9.11. The molecule has 1 aliphatic heterocycles. The Hall–Kier alpha value is -1.70. The van der Waals surface area contributed by atoms with Gasteiger partial charge in [0.2, 0.25) is 0 Å². The van der Waals surface area contributed by atoms with Crippen molar-refractivity contribution in [1.29, 1.82) is 0 Å². The summed E-state index contributed by atoms with van der Waals surface area (Å²) in [6.45, 7) is 0.614. The van der Waals surface area contributed by atoms with Crippen molar-refractivity contribution in [2.24, 2.45) is 0 Å². The molecule has 1 heterocycles. The molecule has 0 radical (unpaired) electrons. The van der Waals surface area contributed by atoms with Gasteiger partial charge in [-0.1, -0.05) is 22.0 Å². The highest BCUT2D eigenvalue weighted by Crippen LogP contribution is 2.26. The van der Waals surface area contributed by atoms with E-state index in [1.807, 2.05) is 12.1 Å². The van der Waals surface area contributed by atoms with Gasteiger partial charge in [-0.05, 0) is 65.2 Å². The first-order valence-electron chi connectivity index (χ1n) is 7.82. The first-order valence-corrected chi connectivity index (χ1v) is 9.40. The van der Waals surface area contributed by atoms with Crippen LogP contribution < -0.4 is 10.6 Å². The molecule has 0 spiro atoms. The van der Waals surface area contributed by atoms with Crippen LogP contribution in [-0.4, -0.2) is 24.5 Å². The molecule has 0 aliphatic carbocycles. The molecule has 2 N–H and O–H groups in total. The lowest BCUT2D eigenvalue weighted by Gasteiger charge is -2.12. The third-order valence-corrected chi connectivity index (χ3v) is 4.94. The third-order valence-electron chi connectivity index (χ3n) is 3.79. The van der Waals surface area contributed by atoms with E-state index in [1.54, 1.807) is 30.3 Å². The lowest BCUT2D eigenvalue weighted by atomic mass is 10.1. The average molecular weight is 468 g/mol. The zero-order valence-corrected chi connectivity index (χ0v) is 16.4. The van der Waals surface area contributed by atoms with E-state index in [9.17, 15) is 9.59 Å². The van der Waals surface area contributed by atoms with Gasteiger partial charge in [-0.2, -0.15) is 0 Å². The van der Waals surface area contributed by atoms with E-state index in [0.29, 0.717) is 23.5 Å². The maximum atomic E-state index is 12.5. The van der Waals surface area contributed by atoms with E-state index >= 15 is 0 Å². The summed E-state index contributed by atoms with van der Waals surface area (Å²) in [4.78, 5) is 24.6. The number of anilines is 2. The van der Waals surface area contributed by atoms with Crippen molar-refractivity contribution in [3.05, 3.63) is 57.0 Å². The van der Waals surface area contributed by atoms with Crippen LogP contribution in [0.2, 0.25) is 0 Å². The number of nitrogens with one attached hydrogen (secondary N) is 2. The van der Waals surface area contributed by atoms with Gasteiger partial charge in [0.25, 0.3) is 11.8 Å². The molecule has 2 amide bonds. The number of benzene rings is 2. The lowest BCUT2D eigenvalue weighted by Crippen LogP contribution is -2.27. The number of hydrogen-bond donors (Lipinski definition) is 2. The minimum atomic E-state index is -0.406. The van der Waals surface area contributed by atoms with Gasteiger partial charge in [-0.3, -0.25) is 9.59 Å². The molecule has 0 bridgehead atoms. The van der Waals surface area contributed by atoms with Crippen molar-refractivity contribution < 1.29 is 14.3 Å². The van der Waals surface area contributed by atoms with Crippen LogP contribution in [0.4, 0.5) is 11.4 Å². The molecule has 1 unspecified atom stereocenters. The summed E-state index contributed by atoms with van der Waals surface area (Å²) in [6, 6.07) is 12.3. The normalized spacial score (nSPS) is 16.5. The summed E-state index contributed by atoms with van der Waals surface area (Å²) in [5.41, 5.74) is 1.70. The summed E-state index contributed by atoms with van der Waals surface area (Å²) < 4.78 is 7.06. The zero-order chi connectivity index (χ0) is 17.8. The number of carbonyl (C=O) groups excluding carboxylic acids is 2. The maximum Gasteiger partial charge on any atom is 0.255 e. The summed E-state index contributed by atoms with van der Waals surface area (Å²) >= 11 is 6.79. The standard InChI is InChI=1S/C18H16Br2N2O3/c19-12-6-7-15(14(20)10-12)22-17(23)11-3-1-4-13(9-11)21-18(24)16-5-2-8-25-16/h1,3-4,6-7,9-10,16H,2,5,8H2,(H,21,24)(H,22,23). The van der Waals surface area contributed by atoms with E-state index in [1.165, 1.54) is 0 Å². The number of rotatable bonds is 4. The van der Waals surface area contributed by atoms with Gasteiger partial charge in [-0.25, -0.2) is 0 Å². The summed E-state index contributed by atoms with van der Waals surface area (Å²) in [7, 11) is 0. The van der Waals surface area contributed by atoms with Crippen LogP contribution in [0, 0.1) is 0 Å². The van der Waals surface area contributed by atoms with Gasteiger partial charge in [0.15, 0.2) is 0 Å². The number of halogens is 2. The fourth-order valence-corrected chi connectivity index (χ4v) is 3.68. The minimum Gasteiger partial charge on any atom is -0.368 e. The highest BCUT2D eigenvalue weighted by atomic mass is 79.9. The van der Waals surface area contributed by atoms with Crippen LogP contribution in [0.1, 0.15) is 23.2 Å². The van der Waals surface area contributed by atoms with Crippen LogP contribution in [0.15, 0.2) is 51.4 Å². The van der Waals surface area contributed by atoms with Crippen molar-refractivity contribution in [2.45, 2.75) is 18.9 Å². The molecule has 2 aromatic carbocycles. The first-order chi connectivity index (χ1) is 12.0. The number of hydrogen-bond acceptors (Lipinski definition) is 3. The quantitative estimate of drug-likeness (QED) is 0.691. The summed E-state index contributed by atoms with van der Waals surface area (Å²) in [5.74, 6) is -0.429. The topological polar surface area (TPSA) is 67.4 Å². The van der Waals surface area contributed by atoms with Gasteiger partial charge >= 0.3 is 0 Å².